The number of esters is 1. The molecule has 1 aliphatic rings. The van der Waals surface area contributed by atoms with E-state index in [2.05, 4.69) is 25.4 Å². The Morgan fingerprint density at radius 2 is 1.93 bits per heavy atom. The van der Waals surface area contributed by atoms with Crippen molar-refractivity contribution in [3.63, 3.8) is 0 Å². The van der Waals surface area contributed by atoms with Crippen LogP contribution in [-0.2, 0) is 23.4 Å². The molecule has 0 bridgehead atoms. The lowest BCUT2D eigenvalue weighted by Gasteiger charge is -2.31. The standard InChI is InChI=1S/C24H30F4N7O7P/c1-12(2)40-20(37)13(3)34-43(38,42-14-8-6-5-7-9-14)39-10-15-17(36)23(25,24(26,27)28)21(41-15)35-11-31-16-18(30-4)32-22(29)33-19(16)35/h5-9,11-13,15,17,21,36H,10H2,1-4H3,(H,34,38)(H3,29,30,32,33)/t13-,15+,17+,21+,23+,43-/m0/s1. The van der Waals surface area contributed by atoms with Crippen molar-refractivity contribution in [2.75, 3.05) is 24.7 Å². The lowest BCUT2D eigenvalue weighted by atomic mass is 9.95. The van der Waals surface area contributed by atoms with E-state index in [9.17, 15) is 27.6 Å². The second-order valence-corrected chi connectivity index (χ2v) is 11.5. The van der Waals surface area contributed by atoms with Crippen LogP contribution in [0.2, 0.25) is 0 Å². The van der Waals surface area contributed by atoms with Gasteiger partial charge < -0.3 is 30.2 Å². The number of fused-ring (bicyclic) bond motifs is 1. The number of para-hydroxylation sites is 1. The third-order valence-electron chi connectivity index (χ3n) is 6.24. The number of ether oxygens (including phenoxy) is 2. The summed E-state index contributed by atoms with van der Waals surface area (Å²) in [6, 6.07) is 6.23. The van der Waals surface area contributed by atoms with Crippen LogP contribution in [0.15, 0.2) is 36.7 Å². The SMILES string of the molecule is CNc1nc(N)nc2c1ncn2[C@@H]1O[C@H](CO[P@@](=O)(N[C@@H](C)C(=O)OC(C)C)Oc2ccccc2)[C@@H](O)[C@]1(F)C(F)(F)F. The van der Waals surface area contributed by atoms with Crippen molar-refractivity contribution in [2.24, 2.45) is 0 Å². The number of nitrogens with zero attached hydrogens (tertiary/aromatic N) is 4. The van der Waals surface area contributed by atoms with Gasteiger partial charge in [-0.25, -0.2) is 13.9 Å². The van der Waals surface area contributed by atoms with Gasteiger partial charge in [-0.1, -0.05) is 18.2 Å². The minimum atomic E-state index is -5.68. The Hall–Kier alpha value is -3.57. The fourth-order valence-corrected chi connectivity index (χ4v) is 5.75. The number of alkyl halides is 4. The predicted octanol–water partition coefficient (Wildman–Crippen LogP) is 3.11. The number of nitrogens with two attached hydrogens (primary N) is 1. The molecule has 0 aliphatic carbocycles. The van der Waals surface area contributed by atoms with E-state index in [-0.39, 0.29) is 28.7 Å². The fourth-order valence-electron chi connectivity index (χ4n) is 4.25. The smallest absolute Gasteiger partial charge is 0.459 e. The molecule has 1 aromatic carbocycles. The molecule has 236 valence electrons. The first-order chi connectivity index (χ1) is 20.1. The Morgan fingerprint density at radius 3 is 2.53 bits per heavy atom. The van der Waals surface area contributed by atoms with Gasteiger partial charge >= 0.3 is 19.9 Å². The molecular formula is C24H30F4N7O7P. The number of aromatic nitrogens is 4. The van der Waals surface area contributed by atoms with Crippen LogP contribution in [-0.4, -0.2) is 80.4 Å². The van der Waals surface area contributed by atoms with Crippen LogP contribution in [0, 0.1) is 0 Å². The molecular weight excluding hydrogens is 605 g/mol. The van der Waals surface area contributed by atoms with Crippen molar-refractivity contribution in [1.29, 1.82) is 0 Å². The highest BCUT2D eigenvalue weighted by molar-refractivity contribution is 7.52. The average Bonchev–Trinajstić information content (AvgIpc) is 3.45. The van der Waals surface area contributed by atoms with E-state index in [0.717, 1.165) is 6.33 Å². The number of hydrogen-bond donors (Lipinski definition) is 4. The zero-order chi connectivity index (χ0) is 31.7. The molecule has 0 radical (unpaired) electrons. The lowest BCUT2D eigenvalue weighted by Crippen LogP contribution is -2.54. The van der Waals surface area contributed by atoms with Gasteiger partial charge in [0, 0.05) is 7.05 Å². The number of aliphatic hydroxyl groups is 1. The van der Waals surface area contributed by atoms with E-state index in [1.807, 2.05) is 0 Å². The van der Waals surface area contributed by atoms with Crippen LogP contribution >= 0.6 is 7.75 Å². The van der Waals surface area contributed by atoms with Crippen molar-refractivity contribution in [3.8, 4) is 5.75 Å². The average molecular weight is 636 g/mol. The molecule has 3 heterocycles. The maximum atomic E-state index is 16.0. The number of nitrogens with one attached hydrogen (secondary N) is 2. The molecule has 1 saturated heterocycles. The maximum absolute atomic E-state index is 16.0. The highest BCUT2D eigenvalue weighted by Gasteiger charge is 2.73. The van der Waals surface area contributed by atoms with E-state index in [0.29, 0.717) is 4.57 Å². The molecule has 0 amide bonds. The summed E-state index contributed by atoms with van der Waals surface area (Å²) in [7, 11) is -3.15. The summed E-state index contributed by atoms with van der Waals surface area (Å²) in [6.07, 6.45) is -12.9. The number of halogens is 4. The van der Waals surface area contributed by atoms with Gasteiger partial charge in [0.2, 0.25) is 5.95 Å². The molecule has 14 nitrogen and oxygen atoms in total. The molecule has 6 atom stereocenters. The minimum absolute atomic E-state index is 0.00570. The molecule has 5 N–H and O–H groups in total. The van der Waals surface area contributed by atoms with Gasteiger partial charge in [0.1, 0.15) is 24.0 Å². The number of imidazole rings is 1. The number of aliphatic hydroxyl groups excluding tert-OH is 1. The van der Waals surface area contributed by atoms with E-state index >= 15 is 4.39 Å². The van der Waals surface area contributed by atoms with Gasteiger partial charge in [-0.15, -0.1) is 0 Å². The van der Waals surface area contributed by atoms with Crippen LogP contribution in [0.3, 0.4) is 0 Å². The second kappa shape index (κ2) is 12.2. The van der Waals surface area contributed by atoms with Crippen molar-refractivity contribution in [3.05, 3.63) is 36.7 Å². The molecule has 2 aromatic heterocycles. The maximum Gasteiger partial charge on any atom is 0.459 e. The Morgan fingerprint density at radius 1 is 1.26 bits per heavy atom. The van der Waals surface area contributed by atoms with Gasteiger partial charge in [-0.2, -0.15) is 28.2 Å². The van der Waals surface area contributed by atoms with E-state index in [4.69, 9.17) is 24.3 Å². The van der Waals surface area contributed by atoms with E-state index in [1.54, 1.807) is 19.9 Å². The van der Waals surface area contributed by atoms with Crippen LogP contribution in [0.4, 0.5) is 29.3 Å². The first-order valence-corrected chi connectivity index (χ1v) is 14.4. The van der Waals surface area contributed by atoms with Crippen LogP contribution < -0.4 is 20.7 Å². The normalized spacial score (nSPS) is 24.6. The first-order valence-electron chi connectivity index (χ1n) is 12.8. The van der Waals surface area contributed by atoms with Crippen molar-refractivity contribution in [1.82, 2.24) is 24.6 Å². The molecule has 43 heavy (non-hydrogen) atoms. The number of anilines is 2. The summed E-state index contributed by atoms with van der Waals surface area (Å²) >= 11 is 0. The van der Waals surface area contributed by atoms with Crippen molar-refractivity contribution < 1.29 is 50.5 Å². The summed E-state index contributed by atoms with van der Waals surface area (Å²) in [5, 5.41) is 15.7. The molecule has 3 aromatic rings. The fraction of sp³-hybridized carbons (Fsp3) is 0.500. The second-order valence-electron chi connectivity index (χ2n) is 9.78. The molecule has 1 fully saturated rings. The Labute approximate surface area is 242 Å². The third kappa shape index (κ3) is 6.52. The monoisotopic (exact) mass is 635 g/mol. The topological polar surface area (TPSA) is 185 Å². The summed E-state index contributed by atoms with van der Waals surface area (Å²) in [5.41, 5.74) is 0.881. The lowest BCUT2D eigenvalue weighted by molar-refractivity contribution is -0.273. The van der Waals surface area contributed by atoms with Gasteiger partial charge in [-0.3, -0.25) is 13.9 Å². The van der Waals surface area contributed by atoms with E-state index in [1.165, 1.54) is 38.2 Å². The summed E-state index contributed by atoms with van der Waals surface area (Å²) in [6.45, 7) is 3.39. The first kappa shape index (κ1) is 32.3. The molecule has 0 saturated carbocycles. The summed E-state index contributed by atoms with van der Waals surface area (Å²) < 4.78 is 94.4. The molecule has 1 aliphatic heterocycles. The molecule has 4 rings (SSSR count). The highest BCUT2D eigenvalue weighted by Crippen LogP contribution is 2.53. The van der Waals surface area contributed by atoms with Crippen LogP contribution in [0.5, 0.6) is 5.75 Å². The van der Waals surface area contributed by atoms with Crippen molar-refractivity contribution in [2.45, 2.75) is 63.2 Å². The van der Waals surface area contributed by atoms with Crippen LogP contribution in [0.1, 0.15) is 27.0 Å². The molecule has 0 spiro atoms. The van der Waals surface area contributed by atoms with E-state index < -0.39 is 62.7 Å². The number of benzene rings is 1. The minimum Gasteiger partial charge on any atom is -0.462 e. The number of carbonyl (C=O) groups is 1. The highest BCUT2D eigenvalue weighted by atomic mass is 31.2. The number of rotatable bonds is 11. The Bertz CT molecular complexity index is 1500. The van der Waals surface area contributed by atoms with Crippen molar-refractivity contribution >= 4 is 36.6 Å². The zero-order valence-electron chi connectivity index (χ0n) is 23.3. The Balaban J connectivity index is 1.65. The van der Waals surface area contributed by atoms with Gasteiger partial charge in [0.15, 0.2) is 23.2 Å². The molecule has 0 unspecified atom stereocenters. The van der Waals surface area contributed by atoms with Gasteiger partial charge in [0.25, 0.3) is 5.67 Å². The zero-order valence-corrected chi connectivity index (χ0v) is 24.2. The van der Waals surface area contributed by atoms with Gasteiger partial charge in [-0.05, 0) is 32.9 Å². The summed E-state index contributed by atoms with van der Waals surface area (Å²) in [4.78, 5) is 24.1. The largest absolute Gasteiger partial charge is 0.462 e. The number of nitrogen functional groups attached to an aromatic ring is 1. The predicted molar refractivity (Wildman–Crippen MR) is 144 cm³/mol. The number of hydrogen-bond acceptors (Lipinski definition) is 12. The third-order valence-corrected chi connectivity index (χ3v) is 7.89. The quantitative estimate of drug-likeness (QED) is 0.137. The van der Waals surface area contributed by atoms with Gasteiger partial charge in [0.05, 0.1) is 19.0 Å². The molecule has 19 heteroatoms. The number of carbonyl (C=O) groups excluding carboxylic acids is 1. The Kier molecular flexibility index (Phi) is 9.18. The van der Waals surface area contributed by atoms with Crippen LogP contribution in [0.25, 0.3) is 11.2 Å². The summed E-state index contributed by atoms with van der Waals surface area (Å²) in [5.74, 6) is -1.14.